The summed E-state index contributed by atoms with van der Waals surface area (Å²) in [7, 11) is 0. The fourth-order valence-electron chi connectivity index (χ4n) is 1.91. The van der Waals surface area contributed by atoms with Crippen LogP contribution in [0.4, 0.5) is 0 Å². The third-order valence-electron chi connectivity index (χ3n) is 3.11. The molecule has 0 bridgehead atoms. The van der Waals surface area contributed by atoms with Crippen LogP contribution in [0.3, 0.4) is 0 Å². The van der Waals surface area contributed by atoms with Gasteiger partial charge in [-0.25, -0.2) is 14.6 Å². The Morgan fingerprint density at radius 1 is 1.22 bits per heavy atom. The molecular weight excluding hydrogens is 376 g/mol. The van der Waals surface area contributed by atoms with E-state index in [9.17, 15) is 0 Å². The molecule has 8 nitrogen and oxygen atoms in total. The van der Waals surface area contributed by atoms with E-state index in [4.69, 9.17) is 40.9 Å². The van der Waals surface area contributed by atoms with Crippen LogP contribution in [-0.2, 0) is 27.3 Å². The number of aliphatic carboxylic acids is 2. The Balaban J connectivity index is 0.000000527. The van der Waals surface area contributed by atoms with Gasteiger partial charge in [0.15, 0.2) is 0 Å². The Bertz CT molecular complexity index is 721. The van der Waals surface area contributed by atoms with Gasteiger partial charge in [0, 0.05) is 24.0 Å². The molecule has 1 aromatic heterocycles. The molecule has 0 aliphatic heterocycles. The lowest BCUT2D eigenvalue weighted by molar-refractivity contribution is -0.159. The summed E-state index contributed by atoms with van der Waals surface area (Å²) in [6, 6.07) is 5.61. The standard InChI is InChI=1S/C16H19ClN2O2.C2H2O4/c1-2-3-14-12-15(17)4-5-16(14)21-11-10-20-9-8-19-7-6-18-13-19;3-1(4)2(5)6/h2,4-7,12-13H,1,3,8-11H2;(H,3,4)(H,5,6). The average molecular weight is 397 g/mol. The number of halogens is 1. The number of carbonyl (C=O) groups is 2. The topological polar surface area (TPSA) is 111 Å². The van der Waals surface area contributed by atoms with E-state index < -0.39 is 11.9 Å². The molecule has 0 fully saturated rings. The summed E-state index contributed by atoms with van der Waals surface area (Å²) in [6.45, 7) is 6.23. The Hall–Kier alpha value is -2.84. The summed E-state index contributed by atoms with van der Waals surface area (Å²) in [5.74, 6) is -2.82. The van der Waals surface area contributed by atoms with Crippen LogP contribution in [0.25, 0.3) is 0 Å². The van der Waals surface area contributed by atoms with Crippen molar-refractivity contribution in [2.24, 2.45) is 0 Å². The molecule has 1 aromatic carbocycles. The molecule has 0 saturated heterocycles. The molecule has 146 valence electrons. The Morgan fingerprint density at radius 2 is 1.96 bits per heavy atom. The molecular formula is C18H21ClN2O6. The zero-order valence-corrected chi connectivity index (χ0v) is 15.3. The van der Waals surface area contributed by atoms with Gasteiger partial charge in [-0.1, -0.05) is 17.7 Å². The summed E-state index contributed by atoms with van der Waals surface area (Å²) in [5.41, 5.74) is 1.04. The smallest absolute Gasteiger partial charge is 0.414 e. The second-order valence-electron chi connectivity index (χ2n) is 5.12. The first-order valence-corrected chi connectivity index (χ1v) is 8.33. The molecule has 0 radical (unpaired) electrons. The lowest BCUT2D eigenvalue weighted by atomic mass is 10.1. The van der Waals surface area contributed by atoms with Crippen molar-refractivity contribution < 1.29 is 29.3 Å². The highest BCUT2D eigenvalue weighted by Crippen LogP contribution is 2.23. The molecule has 2 N–H and O–H groups in total. The number of carboxylic acid groups (broad SMARTS) is 2. The van der Waals surface area contributed by atoms with Crippen molar-refractivity contribution in [1.29, 1.82) is 0 Å². The van der Waals surface area contributed by atoms with Crippen molar-refractivity contribution in [2.45, 2.75) is 13.0 Å². The molecule has 9 heteroatoms. The van der Waals surface area contributed by atoms with E-state index in [1.165, 1.54) is 0 Å². The Morgan fingerprint density at radius 3 is 2.56 bits per heavy atom. The van der Waals surface area contributed by atoms with E-state index in [1.54, 1.807) is 12.5 Å². The van der Waals surface area contributed by atoms with Crippen LogP contribution in [-0.4, -0.2) is 51.5 Å². The van der Waals surface area contributed by atoms with Crippen LogP contribution in [0.2, 0.25) is 5.02 Å². The van der Waals surface area contributed by atoms with E-state index in [2.05, 4.69) is 11.6 Å². The van der Waals surface area contributed by atoms with E-state index in [0.717, 1.165) is 24.3 Å². The van der Waals surface area contributed by atoms with E-state index in [0.29, 0.717) is 24.8 Å². The number of imidazole rings is 1. The van der Waals surface area contributed by atoms with Gasteiger partial charge in [0.25, 0.3) is 0 Å². The monoisotopic (exact) mass is 396 g/mol. The van der Waals surface area contributed by atoms with Gasteiger partial charge in [-0.15, -0.1) is 6.58 Å². The highest BCUT2D eigenvalue weighted by Gasteiger charge is 2.04. The average Bonchev–Trinajstić information content (AvgIpc) is 3.13. The largest absolute Gasteiger partial charge is 0.491 e. The number of rotatable bonds is 9. The van der Waals surface area contributed by atoms with Gasteiger partial charge in [0.05, 0.1) is 19.5 Å². The van der Waals surface area contributed by atoms with Gasteiger partial charge < -0.3 is 24.3 Å². The third-order valence-corrected chi connectivity index (χ3v) is 3.34. The normalized spacial score (nSPS) is 9.81. The minimum absolute atomic E-state index is 0.510. The first-order chi connectivity index (χ1) is 12.9. The Kier molecular flexibility index (Phi) is 10.3. The van der Waals surface area contributed by atoms with Crippen molar-refractivity contribution in [3.63, 3.8) is 0 Å². The maximum Gasteiger partial charge on any atom is 0.414 e. The Labute approximate surface area is 161 Å². The van der Waals surface area contributed by atoms with Crippen LogP contribution in [0.15, 0.2) is 49.6 Å². The molecule has 2 aromatic rings. The maximum absolute atomic E-state index is 9.10. The third kappa shape index (κ3) is 9.43. The number of aromatic nitrogens is 2. The van der Waals surface area contributed by atoms with Crippen molar-refractivity contribution in [1.82, 2.24) is 9.55 Å². The summed E-state index contributed by atoms with van der Waals surface area (Å²) in [6.07, 6.45) is 8.01. The second-order valence-corrected chi connectivity index (χ2v) is 5.55. The lowest BCUT2D eigenvalue weighted by Gasteiger charge is -2.11. The van der Waals surface area contributed by atoms with Gasteiger partial charge in [-0.2, -0.15) is 0 Å². The van der Waals surface area contributed by atoms with E-state index in [-0.39, 0.29) is 0 Å². The molecule has 0 unspecified atom stereocenters. The SMILES string of the molecule is C=CCc1cc(Cl)ccc1OCCOCCn1ccnc1.O=C(O)C(=O)O. The van der Waals surface area contributed by atoms with Crippen LogP contribution in [0.1, 0.15) is 5.56 Å². The quantitative estimate of drug-likeness (QED) is 0.380. The fourth-order valence-corrected chi connectivity index (χ4v) is 2.10. The first kappa shape index (κ1) is 22.2. The van der Waals surface area contributed by atoms with Gasteiger partial charge in [-0.05, 0) is 30.2 Å². The van der Waals surface area contributed by atoms with Gasteiger partial charge in [0.1, 0.15) is 12.4 Å². The summed E-state index contributed by atoms with van der Waals surface area (Å²) in [5, 5.41) is 15.5. The van der Waals surface area contributed by atoms with Crippen molar-refractivity contribution >= 4 is 23.5 Å². The number of hydrogen-bond acceptors (Lipinski definition) is 5. The molecule has 0 spiro atoms. The van der Waals surface area contributed by atoms with Gasteiger partial charge >= 0.3 is 11.9 Å². The number of nitrogens with zero attached hydrogens (tertiary/aromatic N) is 2. The number of carboxylic acids is 2. The van der Waals surface area contributed by atoms with Crippen molar-refractivity contribution in [3.05, 3.63) is 60.2 Å². The molecule has 0 amide bonds. The number of hydrogen-bond donors (Lipinski definition) is 2. The molecule has 27 heavy (non-hydrogen) atoms. The molecule has 0 aliphatic carbocycles. The molecule has 0 saturated carbocycles. The van der Waals surface area contributed by atoms with E-state index >= 15 is 0 Å². The second kappa shape index (κ2) is 12.5. The molecule has 0 aliphatic rings. The summed E-state index contributed by atoms with van der Waals surface area (Å²) in [4.78, 5) is 22.2. The minimum atomic E-state index is -1.82. The van der Waals surface area contributed by atoms with Gasteiger partial charge in [0.2, 0.25) is 0 Å². The van der Waals surface area contributed by atoms with Crippen LogP contribution < -0.4 is 4.74 Å². The fraction of sp³-hybridized carbons (Fsp3) is 0.278. The molecule has 0 atom stereocenters. The highest BCUT2D eigenvalue weighted by atomic mass is 35.5. The van der Waals surface area contributed by atoms with Gasteiger partial charge in [-0.3, -0.25) is 0 Å². The zero-order chi connectivity index (χ0) is 20.1. The predicted molar refractivity (Wildman–Crippen MR) is 99.2 cm³/mol. The number of allylic oxidation sites excluding steroid dienone is 1. The predicted octanol–water partition coefficient (Wildman–Crippen LogP) is 2.52. The molecule has 2 rings (SSSR count). The van der Waals surface area contributed by atoms with E-state index in [1.807, 2.05) is 35.0 Å². The van der Waals surface area contributed by atoms with Crippen molar-refractivity contribution in [2.75, 3.05) is 19.8 Å². The minimum Gasteiger partial charge on any atom is -0.491 e. The maximum atomic E-state index is 9.10. The van der Waals surface area contributed by atoms with Crippen LogP contribution >= 0.6 is 11.6 Å². The summed E-state index contributed by atoms with van der Waals surface area (Å²) < 4.78 is 13.2. The zero-order valence-electron chi connectivity index (χ0n) is 14.6. The number of benzene rings is 1. The summed E-state index contributed by atoms with van der Waals surface area (Å²) >= 11 is 5.98. The number of ether oxygens (including phenoxy) is 2. The van der Waals surface area contributed by atoms with Crippen molar-refractivity contribution in [3.8, 4) is 5.75 Å². The highest BCUT2D eigenvalue weighted by molar-refractivity contribution is 6.30. The first-order valence-electron chi connectivity index (χ1n) is 7.96. The van der Waals surface area contributed by atoms with Crippen LogP contribution in [0.5, 0.6) is 5.75 Å². The lowest BCUT2D eigenvalue weighted by Crippen LogP contribution is -2.11. The van der Waals surface area contributed by atoms with Crippen LogP contribution in [0, 0.1) is 0 Å². The molecule has 1 heterocycles.